The fourth-order valence-electron chi connectivity index (χ4n) is 3.14. The molecule has 24 heavy (non-hydrogen) atoms. The van der Waals surface area contributed by atoms with Gasteiger partial charge in [-0.2, -0.15) is 0 Å². The summed E-state index contributed by atoms with van der Waals surface area (Å²) in [7, 11) is 0. The van der Waals surface area contributed by atoms with Gasteiger partial charge in [-0.05, 0) is 63.4 Å². The van der Waals surface area contributed by atoms with E-state index in [-0.39, 0.29) is 5.91 Å². The number of rotatable bonds is 7. The monoisotopic (exact) mass is 348 g/mol. The molecule has 1 N–H and O–H groups in total. The van der Waals surface area contributed by atoms with E-state index in [1.54, 1.807) is 0 Å². The minimum Gasteiger partial charge on any atom is -0.356 e. The Bertz CT molecular complexity index is 505. The molecule has 4 heteroatoms. The summed E-state index contributed by atoms with van der Waals surface area (Å²) in [6, 6.07) is 9.03. The first-order valence-electron chi connectivity index (χ1n) is 9.20. The lowest BCUT2D eigenvalue weighted by atomic mass is 9.96. The van der Waals surface area contributed by atoms with E-state index in [1.807, 2.05) is 11.8 Å². The molecule has 1 aliphatic rings. The summed E-state index contributed by atoms with van der Waals surface area (Å²) in [5.41, 5.74) is 1.09. The van der Waals surface area contributed by atoms with Gasteiger partial charge in [-0.1, -0.05) is 26.0 Å². The Hall–Kier alpha value is -1.00. The van der Waals surface area contributed by atoms with Crippen LogP contribution in [0.4, 0.5) is 0 Å². The average Bonchev–Trinajstić information content (AvgIpc) is 2.54. The molecule has 0 unspecified atom stereocenters. The number of benzene rings is 1. The number of thioether (sulfide) groups is 1. The molecule has 0 bridgehead atoms. The third-order valence-electron chi connectivity index (χ3n) is 4.63. The maximum atomic E-state index is 12.2. The van der Waals surface area contributed by atoms with Gasteiger partial charge in [0.05, 0.1) is 6.42 Å². The molecule has 0 atom stereocenters. The minimum atomic E-state index is 0.144. The lowest BCUT2D eigenvalue weighted by Crippen LogP contribution is -2.41. The number of carbonyl (C=O) groups is 1. The number of likely N-dealkylation sites (tertiary alicyclic amines) is 1. The second-order valence-electron chi connectivity index (χ2n) is 7.36. The van der Waals surface area contributed by atoms with E-state index in [0.29, 0.717) is 23.6 Å². The van der Waals surface area contributed by atoms with Crippen molar-refractivity contribution in [2.75, 3.05) is 19.6 Å². The van der Waals surface area contributed by atoms with Crippen molar-refractivity contribution in [2.45, 2.75) is 63.1 Å². The molecule has 0 aromatic heterocycles. The highest BCUT2D eigenvalue weighted by Crippen LogP contribution is 2.23. The minimum absolute atomic E-state index is 0.144. The fourth-order valence-corrected chi connectivity index (χ4v) is 3.98. The van der Waals surface area contributed by atoms with Crippen LogP contribution in [0.15, 0.2) is 29.2 Å². The Morgan fingerprint density at radius 1 is 1.17 bits per heavy atom. The van der Waals surface area contributed by atoms with E-state index in [0.717, 1.165) is 25.2 Å². The Morgan fingerprint density at radius 3 is 2.33 bits per heavy atom. The van der Waals surface area contributed by atoms with Crippen LogP contribution in [-0.4, -0.2) is 41.7 Å². The number of carbonyl (C=O) groups excluding carboxylic acids is 1. The molecule has 1 aromatic rings. The van der Waals surface area contributed by atoms with Crippen molar-refractivity contribution >= 4 is 17.7 Å². The molecule has 0 aliphatic carbocycles. The van der Waals surface area contributed by atoms with E-state index in [1.165, 1.54) is 17.7 Å². The molecule has 0 radical (unpaired) electrons. The molecular weight excluding hydrogens is 316 g/mol. The van der Waals surface area contributed by atoms with E-state index >= 15 is 0 Å². The molecule has 0 saturated carbocycles. The summed E-state index contributed by atoms with van der Waals surface area (Å²) in [6.45, 7) is 12.0. The maximum absolute atomic E-state index is 12.2. The Labute approximate surface area is 151 Å². The van der Waals surface area contributed by atoms with Crippen molar-refractivity contribution in [1.82, 2.24) is 10.2 Å². The summed E-state index contributed by atoms with van der Waals surface area (Å²) in [4.78, 5) is 16.0. The first kappa shape index (κ1) is 19.3. The van der Waals surface area contributed by atoms with Gasteiger partial charge >= 0.3 is 0 Å². The van der Waals surface area contributed by atoms with Crippen molar-refractivity contribution in [3.8, 4) is 0 Å². The van der Waals surface area contributed by atoms with Crippen molar-refractivity contribution in [2.24, 2.45) is 5.92 Å². The molecule has 2 rings (SSSR count). The van der Waals surface area contributed by atoms with Crippen molar-refractivity contribution in [3.05, 3.63) is 29.8 Å². The van der Waals surface area contributed by atoms with Gasteiger partial charge in [-0.15, -0.1) is 11.8 Å². The Morgan fingerprint density at radius 2 is 1.79 bits per heavy atom. The molecule has 1 amide bonds. The van der Waals surface area contributed by atoms with Crippen molar-refractivity contribution < 1.29 is 4.79 Å². The Balaban J connectivity index is 1.70. The van der Waals surface area contributed by atoms with Crippen LogP contribution in [0.25, 0.3) is 0 Å². The van der Waals surface area contributed by atoms with Gasteiger partial charge in [-0.25, -0.2) is 0 Å². The molecule has 1 aromatic carbocycles. The highest BCUT2D eigenvalue weighted by atomic mass is 32.2. The SMILES string of the molecule is CC(C)Sc1ccc(CC(=O)NCC2CCN(C(C)C)CC2)cc1. The van der Waals surface area contributed by atoms with Crippen LogP contribution in [0.2, 0.25) is 0 Å². The standard InChI is InChI=1S/C20H32N2OS/c1-15(2)22-11-9-18(10-12-22)14-21-20(23)13-17-5-7-19(8-6-17)24-16(3)4/h5-8,15-16,18H,9-14H2,1-4H3,(H,21,23). The van der Waals surface area contributed by atoms with Crippen LogP contribution in [0, 0.1) is 5.92 Å². The zero-order chi connectivity index (χ0) is 17.5. The van der Waals surface area contributed by atoms with Gasteiger partial charge in [-0.3, -0.25) is 4.79 Å². The van der Waals surface area contributed by atoms with Gasteiger partial charge in [0.15, 0.2) is 0 Å². The normalized spacial score (nSPS) is 16.8. The topological polar surface area (TPSA) is 32.3 Å². The smallest absolute Gasteiger partial charge is 0.224 e. The van der Waals surface area contributed by atoms with Crippen LogP contribution in [-0.2, 0) is 11.2 Å². The zero-order valence-electron chi connectivity index (χ0n) is 15.5. The molecular formula is C20H32N2OS. The molecule has 1 fully saturated rings. The predicted molar refractivity (Wildman–Crippen MR) is 104 cm³/mol. The molecule has 1 aliphatic heterocycles. The lowest BCUT2D eigenvalue weighted by molar-refractivity contribution is -0.120. The lowest BCUT2D eigenvalue weighted by Gasteiger charge is -2.34. The molecule has 134 valence electrons. The van der Waals surface area contributed by atoms with Crippen LogP contribution in [0.1, 0.15) is 46.1 Å². The van der Waals surface area contributed by atoms with Crippen molar-refractivity contribution in [1.29, 1.82) is 0 Å². The van der Waals surface area contributed by atoms with Gasteiger partial charge in [0, 0.05) is 22.7 Å². The fraction of sp³-hybridized carbons (Fsp3) is 0.650. The van der Waals surface area contributed by atoms with E-state index < -0.39 is 0 Å². The number of hydrogen-bond donors (Lipinski definition) is 1. The number of hydrogen-bond acceptors (Lipinski definition) is 3. The van der Waals surface area contributed by atoms with Crippen LogP contribution in [0.3, 0.4) is 0 Å². The van der Waals surface area contributed by atoms with Crippen LogP contribution in [0.5, 0.6) is 0 Å². The molecule has 0 spiro atoms. The molecule has 3 nitrogen and oxygen atoms in total. The third kappa shape index (κ3) is 6.48. The first-order valence-corrected chi connectivity index (χ1v) is 10.1. The Kier molecular flexibility index (Phi) is 7.63. The van der Waals surface area contributed by atoms with Crippen molar-refractivity contribution in [3.63, 3.8) is 0 Å². The maximum Gasteiger partial charge on any atom is 0.224 e. The van der Waals surface area contributed by atoms with Gasteiger partial charge in [0.25, 0.3) is 0 Å². The highest BCUT2D eigenvalue weighted by Gasteiger charge is 2.21. The highest BCUT2D eigenvalue weighted by molar-refractivity contribution is 7.99. The second-order valence-corrected chi connectivity index (χ2v) is 9.01. The largest absolute Gasteiger partial charge is 0.356 e. The average molecular weight is 349 g/mol. The quantitative estimate of drug-likeness (QED) is 0.757. The molecule has 1 heterocycles. The first-order chi connectivity index (χ1) is 11.4. The molecule has 1 saturated heterocycles. The van der Waals surface area contributed by atoms with Gasteiger partial charge in [0.2, 0.25) is 5.91 Å². The van der Waals surface area contributed by atoms with E-state index in [4.69, 9.17) is 0 Å². The second kappa shape index (κ2) is 9.47. The summed E-state index contributed by atoms with van der Waals surface area (Å²) in [5.74, 6) is 0.777. The summed E-state index contributed by atoms with van der Waals surface area (Å²) < 4.78 is 0. The summed E-state index contributed by atoms with van der Waals surface area (Å²) in [6.07, 6.45) is 2.87. The van der Waals surface area contributed by atoms with Gasteiger partial charge < -0.3 is 10.2 Å². The summed E-state index contributed by atoms with van der Waals surface area (Å²) >= 11 is 1.85. The number of piperidine rings is 1. The van der Waals surface area contributed by atoms with E-state index in [9.17, 15) is 4.79 Å². The van der Waals surface area contributed by atoms with Crippen LogP contribution >= 0.6 is 11.8 Å². The zero-order valence-corrected chi connectivity index (χ0v) is 16.4. The van der Waals surface area contributed by atoms with Gasteiger partial charge in [0.1, 0.15) is 0 Å². The third-order valence-corrected chi connectivity index (χ3v) is 5.64. The van der Waals surface area contributed by atoms with Crippen LogP contribution < -0.4 is 5.32 Å². The predicted octanol–water partition coefficient (Wildman–Crippen LogP) is 3.97. The van der Waals surface area contributed by atoms with E-state index in [2.05, 4.69) is 62.2 Å². The number of nitrogens with zero attached hydrogens (tertiary/aromatic N) is 1. The summed E-state index contributed by atoms with van der Waals surface area (Å²) in [5, 5.41) is 3.71. The number of nitrogens with one attached hydrogen (secondary N) is 1. The number of amides is 1.